The second kappa shape index (κ2) is 10.7. The maximum Gasteiger partial charge on any atom is 0.409 e. The highest BCUT2D eigenvalue weighted by Crippen LogP contribution is 2.06. The lowest BCUT2D eigenvalue weighted by Gasteiger charge is -2.36. The van der Waals surface area contributed by atoms with Crippen LogP contribution in [0.15, 0.2) is 4.99 Å². The topological polar surface area (TPSA) is 97.1 Å². The minimum atomic E-state index is -0.252. The third-order valence-corrected chi connectivity index (χ3v) is 4.47. The molecule has 1 N–H and O–H groups in total. The van der Waals surface area contributed by atoms with Crippen molar-refractivity contribution in [2.45, 2.75) is 26.8 Å². The van der Waals surface area contributed by atoms with Crippen molar-refractivity contribution in [2.24, 2.45) is 12.0 Å². The van der Waals surface area contributed by atoms with Gasteiger partial charge in [0.2, 0.25) is 0 Å². The first-order valence-corrected chi connectivity index (χ1v) is 9.35. The van der Waals surface area contributed by atoms with Gasteiger partial charge in [0.25, 0.3) is 0 Å². The van der Waals surface area contributed by atoms with Crippen LogP contribution in [-0.2, 0) is 23.1 Å². The predicted molar refractivity (Wildman–Crippen MR) is 102 cm³/mol. The summed E-state index contributed by atoms with van der Waals surface area (Å²) in [5, 5.41) is 11.6. The van der Waals surface area contributed by atoms with Crippen molar-refractivity contribution in [3.05, 3.63) is 11.6 Å². The number of piperazine rings is 1. The van der Waals surface area contributed by atoms with Crippen molar-refractivity contribution >= 4 is 12.1 Å². The van der Waals surface area contributed by atoms with E-state index in [4.69, 9.17) is 14.5 Å². The maximum atomic E-state index is 11.9. The number of ether oxygens (including phenoxy) is 2. The second-order valence-corrected chi connectivity index (χ2v) is 6.31. The van der Waals surface area contributed by atoms with Gasteiger partial charge in [-0.05, 0) is 20.3 Å². The summed E-state index contributed by atoms with van der Waals surface area (Å²) in [4.78, 5) is 20.5. The highest BCUT2D eigenvalue weighted by Gasteiger charge is 2.23. The van der Waals surface area contributed by atoms with Gasteiger partial charge in [-0.15, -0.1) is 10.2 Å². The zero-order valence-electron chi connectivity index (χ0n) is 16.8. The minimum Gasteiger partial charge on any atom is -0.450 e. The van der Waals surface area contributed by atoms with Crippen LogP contribution < -0.4 is 5.32 Å². The first kappa shape index (κ1) is 20.9. The fourth-order valence-corrected chi connectivity index (χ4v) is 2.73. The van der Waals surface area contributed by atoms with E-state index in [1.165, 1.54) is 0 Å². The number of guanidine groups is 1. The lowest BCUT2D eigenvalue weighted by molar-refractivity contribution is 0.0914. The van der Waals surface area contributed by atoms with Gasteiger partial charge in [0.05, 0.1) is 6.61 Å². The molecule has 2 heterocycles. The number of nitrogens with one attached hydrogen (secondary N) is 1. The predicted octanol–water partition coefficient (Wildman–Crippen LogP) is 0.380. The molecule has 0 unspecified atom stereocenters. The van der Waals surface area contributed by atoms with Gasteiger partial charge in [-0.3, -0.25) is 0 Å². The van der Waals surface area contributed by atoms with Crippen molar-refractivity contribution in [1.29, 1.82) is 0 Å². The number of hydrogen-bond donors (Lipinski definition) is 1. The van der Waals surface area contributed by atoms with E-state index in [2.05, 4.69) is 20.4 Å². The van der Waals surface area contributed by atoms with Gasteiger partial charge in [0, 0.05) is 53.5 Å². The summed E-state index contributed by atoms with van der Waals surface area (Å²) in [6.45, 7) is 8.66. The van der Waals surface area contributed by atoms with E-state index < -0.39 is 0 Å². The molecule has 0 bridgehead atoms. The number of methoxy groups -OCH3 is 1. The number of carbonyl (C=O) groups is 1. The van der Waals surface area contributed by atoms with Crippen LogP contribution in [0.2, 0.25) is 0 Å². The lowest BCUT2D eigenvalue weighted by atomic mass is 10.3. The summed E-state index contributed by atoms with van der Waals surface area (Å²) >= 11 is 0. The Morgan fingerprint density at radius 2 is 1.93 bits per heavy atom. The van der Waals surface area contributed by atoms with E-state index in [1.54, 1.807) is 12.0 Å². The van der Waals surface area contributed by atoms with Gasteiger partial charge in [-0.2, -0.15) is 0 Å². The van der Waals surface area contributed by atoms with Crippen LogP contribution in [0.4, 0.5) is 4.79 Å². The van der Waals surface area contributed by atoms with E-state index in [9.17, 15) is 4.79 Å². The molecule has 1 aliphatic rings. The SMILES string of the molecule is CCOC(=O)N1CCN(C(=NCc2nnc(C)n2C)NCCCOC)CC1. The second-order valence-electron chi connectivity index (χ2n) is 6.31. The molecule has 0 atom stereocenters. The molecule has 1 aromatic heterocycles. The Balaban J connectivity index is 1.98. The summed E-state index contributed by atoms with van der Waals surface area (Å²) in [5.74, 6) is 2.49. The Bertz CT molecular complexity index is 624. The summed E-state index contributed by atoms with van der Waals surface area (Å²) < 4.78 is 12.1. The standard InChI is InChI=1S/C17H31N7O3/c1-5-27-17(25)24-10-8-23(9-11-24)16(18-7-6-12-26-4)19-13-15-21-20-14(2)22(15)3/h5-13H2,1-4H3,(H,18,19). The van der Waals surface area contributed by atoms with Crippen LogP contribution in [0.1, 0.15) is 25.0 Å². The Morgan fingerprint density at radius 1 is 1.22 bits per heavy atom. The van der Waals surface area contributed by atoms with Gasteiger partial charge in [-0.1, -0.05) is 0 Å². The molecule has 0 spiro atoms. The number of amides is 1. The van der Waals surface area contributed by atoms with E-state index in [1.807, 2.05) is 25.5 Å². The number of rotatable bonds is 7. The lowest BCUT2D eigenvalue weighted by Crippen LogP contribution is -2.54. The molecule has 1 fully saturated rings. The number of aryl methyl sites for hydroxylation is 1. The molecule has 152 valence electrons. The van der Waals surface area contributed by atoms with E-state index in [0.717, 1.165) is 30.6 Å². The molecule has 0 saturated carbocycles. The van der Waals surface area contributed by atoms with Crippen LogP contribution in [-0.4, -0.2) is 89.7 Å². The van der Waals surface area contributed by atoms with Gasteiger partial charge in [0.15, 0.2) is 11.8 Å². The van der Waals surface area contributed by atoms with Crippen molar-refractivity contribution in [3.8, 4) is 0 Å². The normalized spacial score (nSPS) is 15.2. The number of hydrogen-bond acceptors (Lipinski definition) is 6. The highest BCUT2D eigenvalue weighted by atomic mass is 16.6. The average Bonchev–Trinajstić information content (AvgIpc) is 3.00. The molecule has 0 radical (unpaired) electrons. The van der Waals surface area contributed by atoms with Gasteiger partial charge >= 0.3 is 6.09 Å². The van der Waals surface area contributed by atoms with Crippen LogP contribution in [0.3, 0.4) is 0 Å². The Hall–Kier alpha value is -2.36. The van der Waals surface area contributed by atoms with Gasteiger partial charge in [0.1, 0.15) is 12.4 Å². The fraction of sp³-hybridized carbons (Fsp3) is 0.765. The van der Waals surface area contributed by atoms with Crippen LogP contribution in [0.5, 0.6) is 0 Å². The Labute approximate surface area is 160 Å². The molecule has 0 aromatic carbocycles. The molecule has 10 heteroatoms. The van der Waals surface area contributed by atoms with Gasteiger partial charge < -0.3 is 29.2 Å². The summed E-state index contributed by atoms with van der Waals surface area (Å²) in [5.41, 5.74) is 0. The van der Waals surface area contributed by atoms with E-state index in [-0.39, 0.29) is 6.09 Å². The minimum absolute atomic E-state index is 0.252. The molecule has 10 nitrogen and oxygen atoms in total. The zero-order chi connectivity index (χ0) is 19.6. The van der Waals surface area contributed by atoms with Crippen molar-refractivity contribution in [1.82, 2.24) is 29.9 Å². The molecular weight excluding hydrogens is 350 g/mol. The summed E-state index contributed by atoms with van der Waals surface area (Å²) in [6.07, 6.45) is 0.639. The van der Waals surface area contributed by atoms with Crippen molar-refractivity contribution in [2.75, 3.05) is 53.0 Å². The summed E-state index contributed by atoms with van der Waals surface area (Å²) in [6, 6.07) is 0. The zero-order valence-corrected chi connectivity index (χ0v) is 16.8. The monoisotopic (exact) mass is 381 g/mol. The molecule has 0 aliphatic carbocycles. The molecule has 2 rings (SSSR count). The molecule has 1 amide bonds. The smallest absolute Gasteiger partial charge is 0.409 e. The average molecular weight is 381 g/mol. The van der Waals surface area contributed by atoms with Crippen molar-refractivity contribution in [3.63, 3.8) is 0 Å². The molecule has 1 aliphatic heterocycles. The molecule has 1 saturated heterocycles. The first-order chi connectivity index (χ1) is 13.1. The molecule has 1 aromatic rings. The Kier molecular flexibility index (Phi) is 8.31. The van der Waals surface area contributed by atoms with E-state index in [0.29, 0.717) is 45.9 Å². The van der Waals surface area contributed by atoms with Crippen LogP contribution >= 0.6 is 0 Å². The van der Waals surface area contributed by atoms with Gasteiger partial charge in [-0.25, -0.2) is 9.79 Å². The first-order valence-electron chi connectivity index (χ1n) is 9.35. The summed E-state index contributed by atoms with van der Waals surface area (Å²) in [7, 11) is 3.63. The maximum absolute atomic E-state index is 11.9. The van der Waals surface area contributed by atoms with Crippen molar-refractivity contribution < 1.29 is 14.3 Å². The number of aromatic nitrogens is 3. The number of aliphatic imine (C=N–C) groups is 1. The quantitative estimate of drug-likeness (QED) is 0.414. The fourth-order valence-electron chi connectivity index (χ4n) is 2.73. The number of nitrogens with zero attached hydrogens (tertiary/aromatic N) is 6. The third-order valence-electron chi connectivity index (χ3n) is 4.47. The largest absolute Gasteiger partial charge is 0.450 e. The number of carbonyl (C=O) groups excluding carboxylic acids is 1. The third kappa shape index (κ3) is 6.09. The highest BCUT2D eigenvalue weighted by molar-refractivity contribution is 5.80. The molecular formula is C17H31N7O3. The Morgan fingerprint density at radius 3 is 2.52 bits per heavy atom. The molecule has 27 heavy (non-hydrogen) atoms. The van der Waals surface area contributed by atoms with Crippen LogP contribution in [0, 0.1) is 6.92 Å². The van der Waals surface area contributed by atoms with E-state index >= 15 is 0 Å². The van der Waals surface area contributed by atoms with Crippen LogP contribution in [0.25, 0.3) is 0 Å².